The highest BCUT2D eigenvalue weighted by molar-refractivity contribution is 6.11. The highest BCUT2D eigenvalue weighted by Crippen LogP contribution is 2.39. The Morgan fingerprint density at radius 2 is 1.00 bits per heavy atom. The number of hydrogen-bond donors (Lipinski definition) is 0. The molecule has 0 fully saturated rings. The molecule has 0 radical (unpaired) electrons. The Kier molecular flexibility index (Phi) is 6.13. The van der Waals surface area contributed by atoms with E-state index in [1.807, 2.05) is 6.21 Å². The molecule has 0 aliphatic carbocycles. The van der Waals surface area contributed by atoms with E-state index in [4.69, 9.17) is 15.0 Å². The monoisotopic (exact) mass is 543 g/mol. The molecule has 0 N–H and O–H groups in total. The molecule has 0 unspecified atom stereocenters. The first-order valence-electron chi connectivity index (χ1n) is 14.5. The fourth-order valence-electron chi connectivity index (χ4n) is 6.10. The molecule has 0 aromatic heterocycles. The predicted octanol–water partition coefficient (Wildman–Crippen LogP) is 8.97. The van der Waals surface area contributed by atoms with Crippen molar-refractivity contribution in [3.05, 3.63) is 166 Å². The molecule has 0 saturated carbocycles. The Bertz CT molecular complexity index is 1750. The lowest BCUT2D eigenvalue weighted by atomic mass is 9.78. The van der Waals surface area contributed by atoms with Crippen molar-refractivity contribution in [2.75, 3.05) is 0 Å². The molecule has 4 aromatic carbocycles. The van der Waals surface area contributed by atoms with Crippen molar-refractivity contribution in [3.8, 4) is 0 Å². The first-order chi connectivity index (χ1) is 20.3. The second-order valence-corrected chi connectivity index (χ2v) is 12.2. The molecule has 0 amide bonds. The summed E-state index contributed by atoms with van der Waals surface area (Å²) in [5, 5.41) is 0. The Labute approximate surface area is 248 Å². The van der Waals surface area contributed by atoms with Gasteiger partial charge >= 0.3 is 0 Å². The van der Waals surface area contributed by atoms with Gasteiger partial charge in [-0.15, -0.1) is 0 Å². The van der Waals surface area contributed by atoms with Gasteiger partial charge < -0.3 is 0 Å². The maximum atomic E-state index is 5.31. The molecule has 3 heterocycles. The highest BCUT2D eigenvalue weighted by atomic mass is 15.0. The molecule has 4 aromatic rings. The maximum absolute atomic E-state index is 5.31. The molecule has 3 aliphatic heterocycles. The summed E-state index contributed by atoms with van der Waals surface area (Å²) in [4.78, 5) is 15.5. The van der Waals surface area contributed by atoms with Crippen molar-refractivity contribution in [2.45, 2.75) is 38.5 Å². The van der Waals surface area contributed by atoms with Crippen LogP contribution >= 0.6 is 0 Å². The van der Waals surface area contributed by atoms with Gasteiger partial charge in [0.1, 0.15) is 5.84 Å². The minimum absolute atomic E-state index is 0.318. The summed E-state index contributed by atoms with van der Waals surface area (Å²) in [6.07, 6.45) is 6.30. The van der Waals surface area contributed by atoms with Crippen LogP contribution in [0.15, 0.2) is 148 Å². The molecule has 3 nitrogen and oxygen atoms in total. The molecule has 204 valence electrons. The van der Waals surface area contributed by atoms with E-state index in [1.165, 1.54) is 5.56 Å². The second-order valence-electron chi connectivity index (χ2n) is 12.2. The number of aliphatic imine (C=N–C) groups is 3. The van der Waals surface area contributed by atoms with E-state index >= 15 is 0 Å². The molecule has 7 rings (SSSR count). The Balaban J connectivity index is 1.54. The summed E-state index contributed by atoms with van der Waals surface area (Å²) < 4.78 is 0. The minimum atomic E-state index is -0.413. The maximum Gasteiger partial charge on any atom is 0.139 e. The third kappa shape index (κ3) is 4.33. The van der Waals surface area contributed by atoms with Crippen LogP contribution in [0.4, 0.5) is 0 Å². The SMILES string of the molecule is CC1(C)C2=NC(=C(c3ccccc3)c3cccc(c3)C(C)(C)C3=NC(=C(c4ccccc4)c4cccc1c4)C=N3)C=C2. The lowest BCUT2D eigenvalue weighted by Gasteiger charge is -2.26. The number of nitrogens with zero attached hydrogens (tertiary/aromatic N) is 3. The first kappa shape index (κ1) is 26.0. The van der Waals surface area contributed by atoms with Crippen molar-refractivity contribution >= 4 is 28.9 Å². The van der Waals surface area contributed by atoms with E-state index in [1.54, 1.807) is 0 Å². The average Bonchev–Trinajstić information content (AvgIpc) is 3.71. The molecule has 0 spiro atoms. The summed E-state index contributed by atoms with van der Waals surface area (Å²) in [6.45, 7) is 8.94. The van der Waals surface area contributed by atoms with Crippen LogP contribution in [0.5, 0.6) is 0 Å². The zero-order valence-corrected chi connectivity index (χ0v) is 24.5. The standard InChI is InChI=1S/C39H33N3/c1-38(2)30-19-11-18-29(23-30)36(27-15-9-6-10-16-27)33-25-40-37(42-33)39(3,4)31-20-12-17-28(24-31)35(26-13-7-5-8-14-26)32-21-22-34(38)41-32/h5-25H,1-4H3. The van der Waals surface area contributed by atoms with Crippen LogP contribution in [-0.2, 0) is 10.8 Å². The third-order valence-electron chi connectivity index (χ3n) is 8.76. The van der Waals surface area contributed by atoms with Gasteiger partial charge in [0, 0.05) is 22.0 Å². The van der Waals surface area contributed by atoms with Crippen LogP contribution in [0.25, 0.3) is 11.1 Å². The Morgan fingerprint density at radius 1 is 0.476 bits per heavy atom. The molecule has 3 heteroatoms. The van der Waals surface area contributed by atoms with Gasteiger partial charge in [0.25, 0.3) is 0 Å². The van der Waals surface area contributed by atoms with Crippen molar-refractivity contribution in [1.29, 1.82) is 0 Å². The van der Waals surface area contributed by atoms with Crippen molar-refractivity contribution < 1.29 is 0 Å². The van der Waals surface area contributed by atoms with Gasteiger partial charge in [0.2, 0.25) is 0 Å². The molecular weight excluding hydrogens is 510 g/mol. The van der Waals surface area contributed by atoms with E-state index in [0.29, 0.717) is 0 Å². The number of fused-ring (bicyclic) bond motifs is 6. The Morgan fingerprint density at radius 3 is 1.60 bits per heavy atom. The topological polar surface area (TPSA) is 37.1 Å². The first-order valence-corrected chi connectivity index (χ1v) is 14.5. The molecule has 0 atom stereocenters. The normalized spacial score (nSPS) is 18.3. The lowest BCUT2D eigenvalue weighted by Crippen LogP contribution is -2.27. The number of rotatable bonds is 2. The fourth-order valence-corrected chi connectivity index (χ4v) is 6.10. The van der Waals surface area contributed by atoms with Crippen LogP contribution < -0.4 is 0 Å². The fraction of sp³-hybridized carbons (Fsp3) is 0.154. The number of allylic oxidation sites excluding steroid dienone is 3. The summed E-state index contributed by atoms with van der Waals surface area (Å²) >= 11 is 0. The predicted molar refractivity (Wildman–Crippen MR) is 176 cm³/mol. The molecule has 8 bridgehead atoms. The number of amidine groups is 1. The number of hydrogen-bond acceptors (Lipinski definition) is 3. The van der Waals surface area contributed by atoms with E-state index in [2.05, 4.69) is 149 Å². The largest absolute Gasteiger partial charge is 0.252 e. The number of benzene rings is 4. The smallest absolute Gasteiger partial charge is 0.139 e. The van der Waals surface area contributed by atoms with E-state index < -0.39 is 5.41 Å². The van der Waals surface area contributed by atoms with Crippen molar-refractivity contribution in [3.63, 3.8) is 0 Å². The minimum Gasteiger partial charge on any atom is -0.252 e. The summed E-state index contributed by atoms with van der Waals surface area (Å²) in [5.41, 5.74) is 11.3. The van der Waals surface area contributed by atoms with Crippen molar-refractivity contribution in [2.24, 2.45) is 15.0 Å². The Hall–Kier alpha value is -4.89. The average molecular weight is 544 g/mol. The van der Waals surface area contributed by atoms with Crippen LogP contribution in [0, 0.1) is 0 Å². The van der Waals surface area contributed by atoms with Crippen LogP contribution in [0.1, 0.15) is 61.1 Å². The van der Waals surface area contributed by atoms with E-state index in [9.17, 15) is 0 Å². The van der Waals surface area contributed by atoms with Crippen LogP contribution in [0.3, 0.4) is 0 Å². The molecule has 42 heavy (non-hydrogen) atoms. The summed E-state index contributed by atoms with van der Waals surface area (Å²) in [7, 11) is 0. The van der Waals surface area contributed by atoms with Crippen LogP contribution in [-0.4, -0.2) is 17.8 Å². The van der Waals surface area contributed by atoms with Gasteiger partial charge in [0.15, 0.2) is 0 Å². The highest BCUT2D eigenvalue weighted by Gasteiger charge is 2.33. The van der Waals surface area contributed by atoms with Gasteiger partial charge in [0.05, 0.1) is 23.3 Å². The summed E-state index contributed by atoms with van der Waals surface area (Å²) in [6, 6.07) is 38.7. The van der Waals surface area contributed by atoms with Crippen LogP contribution in [0.2, 0.25) is 0 Å². The van der Waals surface area contributed by atoms with Gasteiger partial charge in [-0.2, -0.15) is 0 Å². The quantitative estimate of drug-likeness (QED) is 0.242. The second kappa shape index (κ2) is 9.88. The van der Waals surface area contributed by atoms with E-state index in [-0.39, 0.29) is 5.41 Å². The van der Waals surface area contributed by atoms with Crippen molar-refractivity contribution in [1.82, 2.24) is 0 Å². The molecular formula is C39H33N3. The zero-order chi connectivity index (χ0) is 28.9. The van der Waals surface area contributed by atoms with Gasteiger partial charge in [-0.25, -0.2) is 9.98 Å². The third-order valence-corrected chi connectivity index (χ3v) is 8.76. The van der Waals surface area contributed by atoms with E-state index in [0.717, 1.165) is 61.9 Å². The lowest BCUT2D eigenvalue weighted by molar-refractivity contribution is 0.711. The summed E-state index contributed by atoms with van der Waals surface area (Å²) in [5.74, 6) is 0.807. The van der Waals surface area contributed by atoms with Gasteiger partial charge in [-0.05, 0) is 59.4 Å². The van der Waals surface area contributed by atoms with Gasteiger partial charge in [-0.1, -0.05) is 123 Å². The zero-order valence-electron chi connectivity index (χ0n) is 24.5. The van der Waals surface area contributed by atoms with Gasteiger partial charge in [-0.3, -0.25) is 4.99 Å². The molecule has 0 saturated heterocycles. The molecule has 3 aliphatic rings.